The molecule has 0 amide bonds. The van der Waals surface area contributed by atoms with E-state index in [9.17, 15) is 4.79 Å². The lowest BCUT2D eigenvalue weighted by molar-refractivity contribution is 0.916. The molecule has 4 nitrogen and oxygen atoms in total. The van der Waals surface area contributed by atoms with E-state index >= 15 is 0 Å². The summed E-state index contributed by atoms with van der Waals surface area (Å²) in [6.07, 6.45) is 4.02. The van der Waals surface area contributed by atoms with Crippen LogP contribution in [0, 0.1) is 13.8 Å². The molecule has 0 fully saturated rings. The zero-order valence-corrected chi connectivity index (χ0v) is 17.8. The molecule has 0 N–H and O–H groups in total. The topological polar surface area (TPSA) is 39.8 Å². The van der Waals surface area contributed by atoms with E-state index < -0.39 is 0 Å². The predicted molar refractivity (Wildman–Crippen MR) is 129 cm³/mol. The molecule has 5 aromatic rings. The highest BCUT2D eigenvalue weighted by Gasteiger charge is 2.13. The normalized spacial score (nSPS) is 11.7. The Kier molecular flexibility index (Phi) is 4.55. The van der Waals surface area contributed by atoms with E-state index in [1.54, 1.807) is 4.57 Å². The molecule has 0 saturated heterocycles. The maximum Gasteiger partial charge on any atom is 0.266 e. The SMILES string of the molecule is Cc1ccc(-n2c(C=Cc3c(C)n(C)c4ccccc34)nc3ccccc3c2=O)cc1. The van der Waals surface area contributed by atoms with Gasteiger partial charge in [0.15, 0.2) is 0 Å². The molecule has 0 radical (unpaired) electrons. The Morgan fingerprint density at radius 1 is 0.806 bits per heavy atom. The average molecular weight is 406 g/mol. The molecule has 5 rings (SSSR count). The third kappa shape index (κ3) is 3.17. The van der Waals surface area contributed by atoms with Gasteiger partial charge in [0.1, 0.15) is 5.82 Å². The van der Waals surface area contributed by atoms with Crippen molar-refractivity contribution in [2.75, 3.05) is 0 Å². The van der Waals surface area contributed by atoms with Crippen LogP contribution in [0.5, 0.6) is 0 Å². The fraction of sp³-hybridized carbons (Fsp3) is 0.111. The molecule has 0 bridgehead atoms. The number of benzene rings is 3. The summed E-state index contributed by atoms with van der Waals surface area (Å²) in [5.41, 5.74) is 6.08. The smallest absolute Gasteiger partial charge is 0.266 e. The van der Waals surface area contributed by atoms with Gasteiger partial charge >= 0.3 is 0 Å². The molecule has 0 atom stereocenters. The van der Waals surface area contributed by atoms with Crippen molar-refractivity contribution in [3.63, 3.8) is 0 Å². The van der Waals surface area contributed by atoms with E-state index in [0.717, 1.165) is 16.8 Å². The lowest BCUT2D eigenvalue weighted by Gasteiger charge is -2.11. The molecule has 2 heterocycles. The minimum absolute atomic E-state index is 0.0660. The summed E-state index contributed by atoms with van der Waals surface area (Å²) in [4.78, 5) is 18.3. The van der Waals surface area contributed by atoms with Crippen LogP contribution >= 0.6 is 0 Å². The molecule has 152 valence electrons. The summed E-state index contributed by atoms with van der Waals surface area (Å²) in [5, 5.41) is 1.80. The van der Waals surface area contributed by atoms with Gasteiger partial charge in [-0.2, -0.15) is 0 Å². The number of nitrogens with zero attached hydrogens (tertiary/aromatic N) is 3. The summed E-state index contributed by atoms with van der Waals surface area (Å²) in [5.74, 6) is 0.611. The quantitative estimate of drug-likeness (QED) is 0.388. The second kappa shape index (κ2) is 7.40. The Morgan fingerprint density at radius 3 is 2.26 bits per heavy atom. The first-order valence-electron chi connectivity index (χ1n) is 10.4. The van der Waals surface area contributed by atoms with E-state index in [-0.39, 0.29) is 5.56 Å². The third-order valence-electron chi connectivity index (χ3n) is 5.94. The second-order valence-electron chi connectivity index (χ2n) is 7.87. The largest absolute Gasteiger partial charge is 0.347 e. The number of fused-ring (bicyclic) bond motifs is 2. The lowest BCUT2D eigenvalue weighted by Crippen LogP contribution is -2.22. The number of para-hydroxylation sites is 2. The summed E-state index contributed by atoms with van der Waals surface area (Å²) >= 11 is 0. The Bertz CT molecular complexity index is 1520. The first kappa shape index (κ1) is 19.1. The molecule has 0 aliphatic heterocycles. The minimum atomic E-state index is -0.0660. The summed E-state index contributed by atoms with van der Waals surface area (Å²) in [6.45, 7) is 4.15. The predicted octanol–water partition coefficient (Wildman–Crippen LogP) is 5.66. The van der Waals surface area contributed by atoms with Gasteiger partial charge in [-0.1, -0.05) is 48.0 Å². The van der Waals surface area contributed by atoms with Crippen molar-refractivity contribution in [2.45, 2.75) is 13.8 Å². The highest BCUT2D eigenvalue weighted by Crippen LogP contribution is 2.26. The Balaban J connectivity index is 1.75. The van der Waals surface area contributed by atoms with Gasteiger partial charge in [-0.25, -0.2) is 4.98 Å². The van der Waals surface area contributed by atoms with Gasteiger partial charge < -0.3 is 4.57 Å². The molecule has 3 aromatic carbocycles. The number of hydrogen-bond acceptors (Lipinski definition) is 2. The van der Waals surface area contributed by atoms with Gasteiger partial charge in [-0.3, -0.25) is 9.36 Å². The lowest BCUT2D eigenvalue weighted by atomic mass is 10.1. The highest BCUT2D eigenvalue weighted by atomic mass is 16.1. The van der Waals surface area contributed by atoms with Crippen molar-refractivity contribution in [3.05, 3.63) is 106 Å². The molecule has 4 heteroatoms. The van der Waals surface area contributed by atoms with E-state index in [0.29, 0.717) is 16.7 Å². The van der Waals surface area contributed by atoms with E-state index in [4.69, 9.17) is 4.98 Å². The van der Waals surface area contributed by atoms with Crippen LogP contribution in [0.15, 0.2) is 77.6 Å². The zero-order valence-electron chi connectivity index (χ0n) is 17.8. The van der Waals surface area contributed by atoms with Crippen molar-refractivity contribution >= 4 is 34.0 Å². The van der Waals surface area contributed by atoms with Gasteiger partial charge in [0.25, 0.3) is 5.56 Å². The maximum atomic E-state index is 13.4. The molecular formula is C27H23N3O. The van der Waals surface area contributed by atoms with Crippen molar-refractivity contribution in [1.82, 2.24) is 14.1 Å². The van der Waals surface area contributed by atoms with Crippen molar-refractivity contribution in [2.24, 2.45) is 7.05 Å². The third-order valence-corrected chi connectivity index (χ3v) is 5.94. The fourth-order valence-corrected chi connectivity index (χ4v) is 4.12. The number of aromatic nitrogens is 3. The monoisotopic (exact) mass is 405 g/mol. The van der Waals surface area contributed by atoms with Gasteiger partial charge in [-0.15, -0.1) is 0 Å². The maximum absolute atomic E-state index is 13.4. The first-order chi connectivity index (χ1) is 15.0. The Morgan fingerprint density at radius 2 is 1.48 bits per heavy atom. The Hall–Kier alpha value is -3.92. The van der Waals surface area contributed by atoms with E-state index in [2.05, 4.69) is 48.9 Å². The van der Waals surface area contributed by atoms with E-state index in [1.165, 1.54) is 16.6 Å². The summed E-state index contributed by atoms with van der Waals surface area (Å²) < 4.78 is 3.88. The first-order valence-corrected chi connectivity index (χ1v) is 10.4. The number of hydrogen-bond donors (Lipinski definition) is 0. The molecule has 0 spiro atoms. The molecule has 2 aromatic heterocycles. The number of aryl methyl sites for hydroxylation is 2. The van der Waals surface area contributed by atoms with Crippen molar-refractivity contribution in [1.29, 1.82) is 0 Å². The molecule has 0 saturated carbocycles. The molecule has 0 aliphatic carbocycles. The van der Waals surface area contributed by atoms with Crippen LogP contribution in [0.25, 0.3) is 39.6 Å². The molecule has 0 unspecified atom stereocenters. The van der Waals surface area contributed by atoms with Crippen LogP contribution < -0.4 is 5.56 Å². The molecular weight excluding hydrogens is 382 g/mol. The fourth-order valence-electron chi connectivity index (χ4n) is 4.12. The van der Waals surface area contributed by atoms with Crippen LogP contribution in [0.1, 0.15) is 22.6 Å². The molecule has 31 heavy (non-hydrogen) atoms. The van der Waals surface area contributed by atoms with Crippen LogP contribution in [0.2, 0.25) is 0 Å². The minimum Gasteiger partial charge on any atom is -0.347 e. The van der Waals surface area contributed by atoms with Crippen LogP contribution in [0.3, 0.4) is 0 Å². The van der Waals surface area contributed by atoms with Gasteiger partial charge in [-0.05, 0) is 56.3 Å². The average Bonchev–Trinajstić information content (AvgIpc) is 3.03. The highest BCUT2D eigenvalue weighted by molar-refractivity contribution is 5.93. The molecule has 0 aliphatic rings. The summed E-state index contributed by atoms with van der Waals surface area (Å²) in [6, 6.07) is 23.8. The van der Waals surface area contributed by atoms with Crippen molar-refractivity contribution < 1.29 is 0 Å². The van der Waals surface area contributed by atoms with Crippen LogP contribution in [-0.4, -0.2) is 14.1 Å². The van der Waals surface area contributed by atoms with Crippen LogP contribution in [0.4, 0.5) is 0 Å². The van der Waals surface area contributed by atoms with Gasteiger partial charge in [0, 0.05) is 29.2 Å². The van der Waals surface area contributed by atoms with Crippen molar-refractivity contribution in [3.8, 4) is 5.69 Å². The number of rotatable bonds is 3. The van der Waals surface area contributed by atoms with E-state index in [1.807, 2.05) is 61.5 Å². The summed E-state index contributed by atoms with van der Waals surface area (Å²) in [7, 11) is 2.07. The zero-order chi connectivity index (χ0) is 21.5. The van der Waals surface area contributed by atoms with Gasteiger partial charge in [0.05, 0.1) is 16.6 Å². The standard InChI is InChI=1S/C27H23N3O/c1-18-12-14-20(15-13-18)30-26(28-24-10-6-4-9-23(24)27(30)31)17-16-21-19(2)29(3)25-11-7-5-8-22(21)25/h4-17H,1-3H3. The Labute approximate surface area is 180 Å². The van der Waals surface area contributed by atoms with Crippen LogP contribution in [-0.2, 0) is 7.05 Å². The van der Waals surface area contributed by atoms with Gasteiger partial charge in [0.2, 0.25) is 0 Å². The second-order valence-corrected chi connectivity index (χ2v) is 7.87.